The summed E-state index contributed by atoms with van der Waals surface area (Å²) in [6, 6.07) is 6.46. The van der Waals surface area contributed by atoms with E-state index in [2.05, 4.69) is 0 Å². The van der Waals surface area contributed by atoms with Crippen LogP contribution in [-0.2, 0) is 0 Å². The van der Waals surface area contributed by atoms with E-state index in [1.807, 2.05) is 0 Å². The summed E-state index contributed by atoms with van der Waals surface area (Å²) < 4.78 is 5.04. The third kappa shape index (κ3) is 1.27. The van der Waals surface area contributed by atoms with E-state index in [4.69, 9.17) is 21.1 Å². The first-order valence-electron chi connectivity index (χ1n) is 3.60. The molecule has 1 heterocycles. The Bertz CT molecular complexity index is 473. The molecule has 0 radical (unpaired) electrons. The van der Waals surface area contributed by atoms with Gasteiger partial charge in [-0.15, -0.1) is 0 Å². The molecule has 3 nitrogen and oxygen atoms in total. The summed E-state index contributed by atoms with van der Waals surface area (Å²) in [4.78, 5) is 10.7. The topological polar surface area (TPSA) is 50.4 Å². The summed E-state index contributed by atoms with van der Waals surface area (Å²) in [7, 11) is 0. The first kappa shape index (κ1) is 8.13. The fourth-order valence-corrected chi connectivity index (χ4v) is 1.39. The standard InChI is InChI=1S/C9H5ClO3/c10-7-4-5-2-1-3-6(9(11)12)8(5)13-7/h1-4H,(H,11,12). The molecular formula is C9H5ClO3. The maximum atomic E-state index is 10.7. The molecule has 1 aromatic carbocycles. The Kier molecular flexibility index (Phi) is 1.74. The van der Waals surface area contributed by atoms with Crippen LogP contribution in [0.15, 0.2) is 28.7 Å². The third-order valence-electron chi connectivity index (χ3n) is 1.74. The van der Waals surface area contributed by atoms with Crippen molar-refractivity contribution in [2.24, 2.45) is 0 Å². The van der Waals surface area contributed by atoms with Crippen LogP contribution in [0.2, 0.25) is 5.22 Å². The van der Waals surface area contributed by atoms with E-state index in [1.165, 1.54) is 6.07 Å². The van der Waals surface area contributed by atoms with Crippen LogP contribution in [0.25, 0.3) is 11.0 Å². The molecule has 0 saturated carbocycles. The van der Waals surface area contributed by atoms with Gasteiger partial charge in [0.05, 0.1) is 0 Å². The number of carboxylic acid groups (broad SMARTS) is 1. The molecule has 2 rings (SSSR count). The summed E-state index contributed by atoms with van der Waals surface area (Å²) >= 11 is 5.60. The zero-order chi connectivity index (χ0) is 9.42. The quantitative estimate of drug-likeness (QED) is 0.763. The molecule has 0 bridgehead atoms. The number of fused-ring (bicyclic) bond motifs is 1. The molecule has 0 unspecified atom stereocenters. The first-order chi connectivity index (χ1) is 6.18. The van der Waals surface area contributed by atoms with Crippen molar-refractivity contribution in [3.8, 4) is 0 Å². The van der Waals surface area contributed by atoms with Gasteiger partial charge in [0.1, 0.15) is 5.56 Å². The van der Waals surface area contributed by atoms with Crippen molar-refractivity contribution in [1.29, 1.82) is 0 Å². The van der Waals surface area contributed by atoms with Crippen LogP contribution in [-0.4, -0.2) is 11.1 Å². The van der Waals surface area contributed by atoms with Crippen LogP contribution < -0.4 is 0 Å². The van der Waals surface area contributed by atoms with Crippen molar-refractivity contribution in [2.45, 2.75) is 0 Å². The van der Waals surface area contributed by atoms with E-state index in [9.17, 15) is 4.79 Å². The SMILES string of the molecule is O=C(O)c1cccc2cc(Cl)oc12. The smallest absolute Gasteiger partial charge is 0.339 e. The number of aromatic carboxylic acids is 1. The Hall–Kier alpha value is -1.48. The van der Waals surface area contributed by atoms with Crippen molar-refractivity contribution < 1.29 is 14.3 Å². The Morgan fingerprint density at radius 3 is 2.92 bits per heavy atom. The number of benzene rings is 1. The van der Waals surface area contributed by atoms with E-state index in [0.29, 0.717) is 11.0 Å². The second-order valence-corrected chi connectivity index (χ2v) is 2.95. The molecule has 0 aliphatic heterocycles. The summed E-state index contributed by atoms with van der Waals surface area (Å²) in [5.41, 5.74) is 0.449. The Morgan fingerprint density at radius 1 is 1.46 bits per heavy atom. The summed E-state index contributed by atoms with van der Waals surface area (Å²) in [6.45, 7) is 0. The largest absolute Gasteiger partial charge is 0.478 e. The van der Waals surface area contributed by atoms with Crippen molar-refractivity contribution in [2.75, 3.05) is 0 Å². The lowest BCUT2D eigenvalue weighted by Gasteiger charge is -1.93. The summed E-state index contributed by atoms with van der Waals surface area (Å²) in [6.07, 6.45) is 0. The van der Waals surface area contributed by atoms with Gasteiger partial charge in [-0.25, -0.2) is 4.79 Å². The normalized spacial score (nSPS) is 10.5. The molecule has 0 spiro atoms. The second kappa shape index (κ2) is 2.78. The van der Waals surface area contributed by atoms with Gasteiger partial charge in [-0.3, -0.25) is 0 Å². The van der Waals surface area contributed by atoms with Crippen LogP contribution in [0.3, 0.4) is 0 Å². The first-order valence-corrected chi connectivity index (χ1v) is 3.97. The number of furan rings is 1. The number of hydrogen-bond donors (Lipinski definition) is 1. The molecule has 2 aromatic rings. The maximum Gasteiger partial charge on any atom is 0.339 e. The number of carboxylic acids is 1. The van der Waals surface area contributed by atoms with Crippen LogP contribution in [0.1, 0.15) is 10.4 Å². The number of para-hydroxylation sites is 1. The van der Waals surface area contributed by atoms with E-state index >= 15 is 0 Å². The van der Waals surface area contributed by atoms with Gasteiger partial charge >= 0.3 is 5.97 Å². The van der Waals surface area contributed by atoms with Crippen LogP contribution in [0, 0.1) is 0 Å². The zero-order valence-corrected chi connectivity index (χ0v) is 7.21. The molecule has 4 heteroatoms. The minimum Gasteiger partial charge on any atom is -0.478 e. The van der Waals surface area contributed by atoms with E-state index in [0.717, 1.165) is 0 Å². The van der Waals surface area contributed by atoms with Gasteiger partial charge in [-0.2, -0.15) is 0 Å². The minimum atomic E-state index is -1.02. The molecule has 66 valence electrons. The Balaban J connectivity index is 2.82. The van der Waals surface area contributed by atoms with Gasteiger partial charge in [0.2, 0.25) is 0 Å². The van der Waals surface area contributed by atoms with Crippen LogP contribution >= 0.6 is 11.6 Å². The van der Waals surface area contributed by atoms with E-state index in [-0.39, 0.29) is 10.8 Å². The van der Waals surface area contributed by atoms with Gasteiger partial charge in [0.15, 0.2) is 10.8 Å². The van der Waals surface area contributed by atoms with Crippen molar-refractivity contribution >= 4 is 28.5 Å². The van der Waals surface area contributed by atoms with Crippen molar-refractivity contribution in [3.05, 3.63) is 35.0 Å². The van der Waals surface area contributed by atoms with Gasteiger partial charge < -0.3 is 9.52 Å². The summed E-state index contributed by atoms with van der Waals surface area (Å²) in [5, 5.41) is 9.69. The number of rotatable bonds is 1. The van der Waals surface area contributed by atoms with E-state index in [1.54, 1.807) is 18.2 Å². The van der Waals surface area contributed by atoms with Gasteiger partial charge in [0, 0.05) is 11.5 Å². The minimum absolute atomic E-state index is 0.129. The second-order valence-electron chi connectivity index (χ2n) is 2.58. The molecule has 0 aliphatic carbocycles. The van der Waals surface area contributed by atoms with Crippen LogP contribution in [0.5, 0.6) is 0 Å². The van der Waals surface area contributed by atoms with Gasteiger partial charge in [-0.1, -0.05) is 12.1 Å². The number of carbonyl (C=O) groups is 1. The van der Waals surface area contributed by atoms with Gasteiger partial charge in [-0.05, 0) is 17.7 Å². The summed E-state index contributed by atoms with van der Waals surface area (Å²) in [5.74, 6) is -1.02. The predicted octanol–water partition coefficient (Wildman–Crippen LogP) is 2.78. The van der Waals surface area contributed by atoms with Crippen molar-refractivity contribution in [3.63, 3.8) is 0 Å². The molecular weight excluding hydrogens is 192 g/mol. The van der Waals surface area contributed by atoms with Crippen LogP contribution in [0.4, 0.5) is 0 Å². The molecule has 0 fully saturated rings. The molecule has 1 N–H and O–H groups in total. The lowest BCUT2D eigenvalue weighted by molar-refractivity contribution is 0.0698. The molecule has 0 amide bonds. The highest BCUT2D eigenvalue weighted by molar-refractivity contribution is 6.30. The molecule has 0 atom stereocenters. The molecule has 0 saturated heterocycles. The highest BCUT2D eigenvalue weighted by atomic mass is 35.5. The molecule has 13 heavy (non-hydrogen) atoms. The molecule has 0 aliphatic rings. The zero-order valence-electron chi connectivity index (χ0n) is 6.45. The highest BCUT2D eigenvalue weighted by Crippen LogP contribution is 2.25. The average molecular weight is 197 g/mol. The lowest BCUT2D eigenvalue weighted by Crippen LogP contribution is -1.95. The predicted molar refractivity (Wildman–Crippen MR) is 48.2 cm³/mol. The highest BCUT2D eigenvalue weighted by Gasteiger charge is 2.11. The Morgan fingerprint density at radius 2 is 2.23 bits per heavy atom. The third-order valence-corrected chi connectivity index (χ3v) is 1.93. The maximum absolute atomic E-state index is 10.7. The Labute approximate surface area is 78.5 Å². The monoisotopic (exact) mass is 196 g/mol. The number of halogens is 1. The van der Waals surface area contributed by atoms with Crippen molar-refractivity contribution in [1.82, 2.24) is 0 Å². The van der Waals surface area contributed by atoms with E-state index < -0.39 is 5.97 Å². The fraction of sp³-hybridized carbons (Fsp3) is 0. The lowest BCUT2D eigenvalue weighted by atomic mass is 10.1. The fourth-order valence-electron chi connectivity index (χ4n) is 1.20. The molecule has 1 aromatic heterocycles. The van der Waals surface area contributed by atoms with Gasteiger partial charge in [0.25, 0.3) is 0 Å². The number of hydrogen-bond acceptors (Lipinski definition) is 2. The average Bonchev–Trinajstić information content (AvgIpc) is 2.43.